The molecule has 2 fully saturated rings. The van der Waals surface area contributed by atoms with Gasteiger partial charge in [-0.2, -0.15) is 0 Å². The molecular weight excluding hydrogens is 253 g/mol. The van der Waals surface area contributed by atoms with E-state index in [9.17, 15) is 14.0 Å². The molecule has 1 amide bonds. The van der Waals surface area contributed by atoms with Gasteiger partial charge in [0.25, 0.3) is 0 Å². The minimum atomic E-state index is -2.27. The van der Waals surface area contributed by atoms with E-state index >= 15 is 0 Å². The van der Waals surface area contributed by atoms with Gasteiger partial charge in [-0.25, -0.2) is 9.18 Å². The number of rotatable bonds is 3. The first kappa shape index (κ1) is 14.2. The zero-order valence-corrected chi connectivity index (χ0v) is 11.1. The molecule has 2 aliphatic rings. The van der Waals surface area contributed by atoms with E-state index in [-0.39, 0.29) is 37.3 Å². The highest BCUT2D eigenvalue weighted by atomic mass is 19.1. The number of carbonyl (C=O) groups is 2. The van der Waals surface area contributed by atoms with Gasteiger partial charge in [-0.15, -0.1) is 0 Å². The summed E-state index contributed by atoms with van der Waals surface area (Å²) >= 11 is 0. The SMILES string of the molecule is CC(C(=O)N1CCC(F)(C(=O)O)C1)C1CCOCC1. The van der Waals surface area contributed by atoms with Crippen molar-refractivity contribution in [2.24, 2.45) is 11.8 Å². The van der Waals surface area contributed by atoms with Crippen LogP contribution in [0.3, 0.4) is 0 Å². The van der Waals surface area contributed by atoms with Crippen molar-refractivity contribution < 1.29 is 23.8 Å². The van der Waals surface area contributed by atoms with Crippen LogP contribution in [0, 0.1) is 11.8 Å². The Bertz CT molecular complexity index is 370. The van der Waals surface area contributed by atoms with E-state index < -0.39 is 11.6 Å². The van der Waals surface area contributed by atoms with E-state index in [0.29, 0.717) is 13.2 Å². The Morgan fingerprint density at radius 2 is 2.05 bits per heavy atom. The van der Waals surface area contributed by atoms with Gasteiger partial charge in [0.05, 0.1) is 6.54 Å². The topological polar surface area (TPSA) is 66.8 Å². The van der Waals surface area contributed by atoms with Crippen molar-refractivity contribution >= 4 is 11.9 Å². The summed E-state index contributed by atoms with van der Waals surface area (Å²) < 4.78 is 19.2. The molecule has 0 aliphatic carbocycles. The molecule has 0 spiro atoms. The lowest BCUT2D eigenvalue weighted by Crippen LogP contribution is -2.42. The van der Waals surface area contributed by atoms with Crippen molar-refractivity contribution in [2.45, 2.75) is 31.9 Å². The molecule has 2 heterocycles. The van der Waals surface area contributed by atoms with Crippen molar-refractivity contribution in [1.29, 1.82) is 0 Å². The van der Waals surface area contributed by atoms with Crippen LogP contribution in [-0.4, -0.2) is 53.9 Å². The molecule has 5 nitrogen and oxygen atoms in total. The molecule has 2 atom stereocenters. The van der Waals surface area contributed by atoms with Gasteiger partial charge in [0.2, 0.25) is 11.6 Å². The molecule has 2 rings (SSSR count). The van der Waals surface area contributed by atoms with Crippen LogP contribution in [-0.2, 0) is 14.3 Å². The van der Waals surface area contributed by atoms with E-state index in [4.69, 9.17) is 9.84 Å². The molecule has 0 aromatic rings. The Morgan fingerprint density at radius 1 is 1.42 bits per heavy atom. The summed E-state index contributed by atoms with van der Waals surface area (Å²) in [4.78, 5) is 24.5. The molecule has 0 radical (unpaired) electrons. The standard InChI is InChI=1S/C13H20FNO4/c1-9(10-2-6-19-7-3-10)11(16)15-5-4-13(14,8-15)12(17)18/h9-10H,2-8H2,1H3,(H,17,18). The van der Waals surface area contributed by atoms with E-state index in [0.717, 1.165) is 12.8 Å². The van der Waals surface area contributed by atoms with E-state index in [1.165, 1.54) is 4.90 Å². The number of hydrogen-bond acceptors (Lipinski definition) is 3. The fraction of sp³-hybridized carbons (Fsp3) is 0.846. The number of nitrogens with zero attached hydrogens (tertiary/aromatic N) is 1. The highest BCUT2D eigenvalue weighted by Gasteiger charge is 2.47. The number of ether oxygens (including phenoxy) is 1. The smallest absolute Gasteiger partial charge is 0.343 e. The second kappa shape index (κ2) is 5.45. The first-order valence-corrected chi connectivity index (χ1v) is 6.73. The van der Waals surface area contributed by atoms with Gasteiger partial charge >= 0.3 is 5.97 Å². The van der Waals surface area contributed by atoms with E-state index in [1.807, 2.05) is 6.92 Å². The van der Waals surface area contributed by atoms with Crippen LogP contribution in [0.2, 0.25) is 0 Å². The van der Waals surface area contributed by atoms with Crippen molar-refractivity contribution in [3.8, 4) is 0 Å². The number of hydrogen-bond donors (Lipinski definition) is 1. The van der Waals surface area contributed by atoms with Crippen molar-refractivity contribution in [3.63, 3.8) is 0 Å². The third-order valence-corrected chi connectivity index (χ3v) is 4.28. The number of aliphatic carboxylic acids is 1. The van der Waals surface area contributed by atoms with Crippen LogP contribution in [0.15, 0.2) is 0 Å². The van der Waals surface area contributed by atoms with E-state index in [2.05, 4.69) is 0 Å². The first-order chi connectivity index (χ1) is 8.94. The lowest BCUT2D eigenvalue weighted by Gasteiger charge is -2.30. The van der Waals surface area contributed by atoms with Gasteiger partial charge in [-0.1, -0.05) is 6.92 Å². The summed E-state index contributed by atoms with van der Waals surface area (Å²) in [6.45, 7) is 3.02. The number of alkyl halides is 1. The highest BCUT2D eigenvalue weighted by Crippen LogP contribution is 2.30. The highest BCUT2D eigenvalue weighted by molar-refractivity contribution is 5.83. The summed E-state index contributed by atoms with van der Waals surface area (Å²) in [6, 6.07) is 0. The molecule has 0 aromatic heterocycles. The Kier molecular flexibility index (Phi) is 4.08. The Balaban J connectivity index is 1.95. The summed E-state index contributed by atoms with van der Waals surface area (Å²) in [5.41, 5.74) is -2.27. The fourth-order valence-electron chi connectivity index (χ4n) is 2.84. The zero-order valence-electron chi connectivity index (χ0n) is 11.1. The van der Waals surface area contributed by atoms with Gasteiger partial charge in [0.1, 0.15) is 0 Å². The Labute approximate surface area is 111 Å². The van der Waals surface area contributed by atoms with Crippen LogP contribution in [0.4, 0.5) is 4.39 Å². The molecular formula is C13H20FNO4. The summed E-state index contributed by atoms with van der Waals surface area (Å²) in [5, 5.41) is 8.83. The van der Waals surface area contributed by atoms with Crippen LogP contribution < -0.4 is 0 Å². The number of carboxylic acid groups (broad SMARTS) is 1. The maximum Gasteiger partial charge on any atom is 0.343 e. The molecule has 6 heteroatoms. The van der Waals surface area contributed by atoms with Crippen LogP contribution >= 0.6 is 0 Å². The van der Waals surface area contributed by atoms with Crippen LogP contribution in [0.25, 0.3) is 0 Å². The lowest BCUT2D eigenvalue weighted by molar-refractivity contribution is -0.150. The number of amides is 1. The predicted molar refractivity (Wildman–Crippen MR) is 65.4 cm³/mol. The normalized spacial score (nSPS) is 30.3. The quantitative estimate of drug-likeness (QED) is 0.835. The molecule has 2 saturated heterocycles. The average Bonchev–Trinajstić information content (AvgIpc) is 2.82. The summed E-state index contributed by atoms with van der Waals surface area (Å²) in [7, 11) is 0. The third-order valence-electron chi connectivity index (χ3n) is 4.28. The lowest BCUT2D eigenvalue weighted by atomic mass is 9.86. The first-order valence-electron chi connectivity index (χ1n) is 6.73. The molecule has 2 aliphatic heterocycles. The van der Waals surface area contributed by atoms with Crippen LogP contribution in [0.5, 0.6) is 0 Å². The van der Waals surface area contributed by atoms with Crippen molar-refractivity contribution in [1.82, 2.24) is 4.90 Å². The Hall–Kier alpha value is -1.17. The van der Waals surface area contributed by atoms with Gasteiger partial charge in [-0.3, -0.25) is 4.79 Å². The zero-order chi connectivity index (χ0) is 14.0. The molecule has 0 aromatic carbocycles. The number of carboxylic acids is 1. The van der Waals surface area contributed by atoms with Crippen LogP contribution in [0.1, 0.15) is 26.2 Å². The second-order valence-electron chi connectivity index (χ2n) is 5.52. The molecule has 1 N–H and O–H groups in total. The monoisotopic (exact) mass is 273 g/mol. The summed E-state index contributed by atoms with van der Waals surface area (Å²) in [5.74, 6) is -1.55. The minimum absolute atomic E-state index is 0.116. The molecule has 19 heavy (non-hydrogen) atoms. The van der Waals surface area contributed by atoms with Gasteiger partial charge in [0, 0.05) is 32.1 Å². The minimum Gasteiger partial charge on any atom is -0.479 e. The van der Waals surface area contributed by atoms with Crippen molar-refractivity contribution in [3.05, 3.63) is 0 Å². The molecule has 0 saturated carbocycles. The fourth-order valence-corrected chi connectivity index (χ4v) is 2.84. The van der Waals surface area contributed by atoms with E-state index in [1.54, 1.807) is 0 Å². The average molecular weight is 273 g/mol. The number of carbonyl (C=O) groups excluding carboxylic acids is 1. The second-order valence-corrected chi connectivity index (χ2v) is 5.52. The van der Waals surface area contributed by atoms with Crippen molar-refractivity contribution in [2.75, 3.05) is 26.3 Å². The Morgan fingerprint density at radius 3 is 2.58 bits per heavy atom. The predicted octanol–water partition coefficient (Wildman–Crippen LogP) is 1.07. The molecule has 2 unspecified atom stereocenters. The number of likely N-dealkylation sites (tertiary alicyclic amines) is 1. The maximum atomic E-state index is 13.9. The summed E-state index contributed by atoms with van der Waals surface area (Å²) in [6.07, 6.45) is 1.55. The third kappa shape index (κ3) is 2.88. The van der Waals surface area contributed by atoms with Gasteiger partial charge in [-0.05, 0) is 18.8 Å². The van der Waals surface area contributed by atoms with Gasteiger partial charge in [0.15, 0.2) is 0 Å². The van der Waals surface area contributed by atoms with Gasteiger partial charge < -0.3 is 14.7 Å². The molecule has 108 valence electrons. The maximum absolute atomic E-state index is 13.9. The number of halogens is 1. The molecule has 0 bridgehead atoms. The largest absolute Gasteiger partial charge is 0.479 e.